The Labute approximate surface area is 206 Å². The molecule has 4 aromatic rings. The van der Waals surface area contributed by atoms with Gasteiger partial charge in [0.2, 0.25) is 5.91 Å². The molecular weight excluding hydrogens is 460 g/mol. The number of thioether (sulfide) groups is 1. The zero-order chi connectivity index (χ0) is 24.8. The van der Waals surface area contributed by atoms with Crippen LogP contribution in [0.1, 0.15) is 21.9 Å². The minimum Gasteiger partial charge on any atom is -0.495 e. The van der Waals surface area contributed by atoms with Gasteiger partial charge in [-0.3, -0.25) is 9.59 Å². The lowest BCUT2D eigenvalue weighted by Gasteiger charge is -2.18. The van der Waals surface area contributed by atoms with Crippen molar-refractivity contribution < 1.29 is 9.53 Å². The van der Waals surface area contributed by atoms with Crippen LogP contribution in [0.3, 0.4) is 0 Å². The molecule has 1 amide bonds. The molecule has 7 nitrogen and oxygen atoms in total. The topological polar surface area (TPSA) is 108 Å². The number of carbonyl (C=O) groups excluding carboxylic acids is 1. The van der Waals surface area contributed by atoms with Crippen LogP contribution in [0.25, 0.3) is 11.3 Å². The number of hydrogen-bond acceptors (Lipinski definition) is 6. The Morgan fingerprint density at radius 2 is 1.77 bits per heavy atom. The summed E-state index contributed by atoms with van der Waals surface area (Å²) in [6, 6.07) is 25.7. The largest absolute Gasteiger partial charge is 0.495 e. The summed E-state index contributed by atoms with van der Waals surface area (Å²) in [7, 11) is 1.54. The van der Waals surface area contributed by atoms with Crippen molar-refractivity contribution in [2.45, 2.75) is 17.3 Å². The fourth-order valence-electron chi connectivity index (χ4n) is 3.55. The van der Waals surface area contributed by atoms with E-state index in [0.29, 0.717) is 17.0 Å². The van der Waals surface area contributed by atoms with E-state index in [-0.39, 0.29) is 22.3 Å². The molecular formula is C27H22N4O3S. The summed E-state index contributed by atoms with van der Waals surface area (Å²) in [4.78, 5) is 33.4. The molecule has 35 heavy (non-hydrogen) atoms. The number of H-pyrrole nitrogens is 1. The minimum atomic E-state index is -0.735. The van der Waals surface area contributed by atoms with Crippen LogP contribution in [-0.2, 0) is 4.79 Å². The average molecular weight is 483 g/mol. The molecule has 4 rings (SSSR count). The lowest BCUT2D eigenvalue weighted by molar-refractivity contribution is -0.115. The molecule has 1 heterocycles. The second-order valence-corrected chi connectivity index (χ2v) is 8.77. The first kappa shape index (κ1) is 23.8. The highest BCUT2D eigenvalue weighted by Crippen LogP contribution is 2.36. The summed E-state index contributed by atoms with van der Waals surface area (Å²) in [5, 5.41) is 12.0. The third-order valence-corrected chi connectivity index (χ3v) is 6.38. The first-order valence-electron chi connectivity index (χ1n) is 10.8. The van der Waals surface area contributed by atoms with Crippen LogP contribution in [0.5, 0.6) is 5.75 Å². The van der Waals surface area contributed by atoms with Crippen molar-refractivity contribution >= 4 is 23.4 Å². The SMILES string of the molecule is COc1ccc(C)cc1NC(=O)[C@H](Sc1nc(-c2ccccc2)c(C#N)c(=O)[nH]1)c1ccccc1. The van der Waals surface area contributed by atoms with Gasteiger partial charge in [0.1, 0.15) is 22.6 Å². The number of hydrogen-bond donors (Lipinski definition) is 2. The third-order valence-electron chi connectivity index (χ3n) is 5.24. The first-order chi connectivity index (χ1) is 17.0. The number of aromatic nitrogens is 2. The van der Waals surface area contributed by atoms with E-state index in [2.05, 4.69) is 15.3 Å². The molecule has 1 atom stereocenters. The fourth-order valence-corrected chi connectivity index (χ4v) is 4.53. The maximum atomic E-state index is 13.5. The van der Waals surface area contributed by atoms with Crippen LogP contribution in [0.2, 0.25) is 0 Å². The molecule has 0 spiro atoms. The number of methoxy groups -OCH3 is 1. The molecule has 0 aliphatic carbocycles. The second-order valence-electron chi connectivity index (χ2n) is 7.67. The Hall–Kier alpha value is -4.35. The second kappa shape index (κ2) is 10.7. The van der Waals surface area contributed by atoms with Crippen molar-refractivity contribution in [1.29, 1.82) is 5.26 Å². The number of amides is 1. The molecule has 174 valence electrons. The van der Waals surface area contributed by atoms with Crippen LogP contribution in [0, 0.1) is 18.3 Å². The normalized spacial score (nSPS) is 11.3. The highest BCUT2D eigenvalue weighted by molar-refractivity contribution is 8.00. The molecule has 0 saturated carbocycles. The van der Waals surface area contributed by atoms with Crippen molar-refractivity contribution in [2.24, 2.45) is 0 Å². The highest BCUT2D eigenvalue weighted by Gasteiger charge is 2.25. The van der Waals surface area contributed by atoms with Gasteiger partial charge in [-0.1, -0.05) is 78.5 Å². The van der Waals surface area contributed by atoms with Gasteiger partial charge in [-0.05, 0) is 30.2 Å². The van der Waals surface area contributed by atoms with Crippen LogP contribution in [-0.4, -0.2) is 23.0 Å². The summed E-state index contributed by atoms with van der Waals surface area (Å²) in [5.74, 6) is 0.232. The third kappa shape index (κ3) is 5.42. The number of ether oxygens (including phenoxy) is 1. The zero-order valence-electron chi connectivity index (χ0n) is 19.1. The van der Waals surface area contributed by atoms with E-state index < -0.39 is 10.8 Å². The average Bonchev–Trinajstić information content (AvgIpc) is 2.88. The first-order valence-corrected chi connectivity index (χ1v) is 11.6. The predicted molar refractivity (Wildman–Crippen MR) is 136 cm³/mol. The van der Waals surface area contributed by atoms with Crippen molar-refractivity contribution in [3.8, 4) is 23.1 Å². The smallest absolute Gasteiger partial charge is 0.270 e. The van der Waals surface area contributed by atoms with Crippen LogP contribution in [0.15, 0.2) is 88.8 Å². The van der Waals surface area contributed by atoms with Gasteiger partial charge in [0.25, 0.3) is 5.56 Å². The maximum Gasteiger partial charge on any atom is 0.270 e. The number of carbonyl (C=O) groups is 1. The Kier molecular flexibility index (Phi) is 7.29. The minimum absolute atomic E-state index is 0.0780. The number of benzene rings is 3. The Bertz CT molecular complexity index is 1450. The molecule has 0 unspecified atom stereocenters. The van der Waals surface area contributed by atoms with E-state index in [9.17, 15) is 14.9 Å². The number of rotatable bonds is 7. The molecule has 0 bridgehead atoms. The van der Waals surface area contributed by atoms with Gasteiger partial charge in [0, 0.05) is 5.56 Å². The molecule has 8 heteroatoms. The molecule has 0 fully saturated rings. The summed E-state index contributed by atoms with van der Waals surface area (Å²) < 4.78 is 5.40. The maximum absolute atomic E-state index is 13.5. The highest BCUT2D eigenvalue weighted by atomic mass is 32.2. The molecule has 0 aliphatic heterocycles. The Morgan fingerprint density at radius 1 is 1.09 bits per heavy atom. The molecule has 0 radical (unpaired) electrons. The lowest BCUT2D eigenvalue weighted by Crippen LogP contribution is -2.21. The number of aryl methyl sites for hydroxylation is 1. The van der Waals surface area contributed by atoms with E-state index in [0.717, 1.165) is 22.9 Å². The van der Waals surface area contributed by atoms with Gasteiger partial charge in [-0.25, -0.2) is 4.98 Å². The molecule has 3 aromatic carbocycles. The van der Waals surface area contributed by atoms with Crippen LogP contribution < -0.4 is 15.6 Å². The van der Waals surface area contributed by atoms with Crippen LogP contribution in [0.4, 0.5) is 5.69 Å². The standard InChI is InChI=1S/C27H22N4O3S/c1-17-13-14-22(34-2)21(15-17)29-26(33)24(19-11-7-4-8-12-19)35-27-30-23(18-9-5-3-6-10-18)20(16-28)25(32)31-27/h3-15,24H,1-2H3,(H,29,33)(H,30,31,32)/t24-/m1/s1. The summed E-state index contributed by atoms with van der Waals surface area (Å²) >= 11 is 1.10. The number of nitrogens with zero attached hydrogens (tertiary/aromatic N) is 2. The van der Waals surface area contributed by atoms with Crippen molar-refractivity contribution in [3.63, 3.8) is 0 Å². The van der Waals surface area contributed by atoms with Crippen LogP contribution >= 0.6 is 11.8 Å². The number of anilines is 1. The quantitative estimate of drug-likeness (QED) is 0.280. The van der Waals surface area contributed by atoms with Gasteiger partial charge in [-0.2, -0.15) is 5.26 Å². The van der Waals surface area contributed by atoms with Crippen molar-refractivity contribution in [1.82, 2.24) is 9.97 Å². The number of aromatic amines is 1. The van der Waals surface area contributed by atoms with Gasteiger partial charge in [-0.15, -0.1) is 0 Å². The van der Waals surface area contributed by atoms with Crippen molar-refractivity contribution in [2.75, 3.05) is 12.4 Å². The lowest BCUT2D eigenvalue weighted by atomic mass is 10.1. The predicted octanol–water partition coefficient (Wildman–Crippen LogP) is 5.10. The van der Waals surface area contributed by atoms with E-state index in [1.165, 1.54) is 0 Å². The number of nitriles is 1. The monoisotopic (exact) mass is 482 g/mol. The van der Waals surface area contributed by atoms with Gasteiger partial charge >= 0.3 is 0 Å². The van der Waals surface area contributed by atoms with E-state index >= 15 is 0 Å². The zero-order valence-corrected chi connectivity index (χ0v) is 19.9. The molecule has 0 saturated heterocycles. The molecule has 2 N–H and O–H groups in total. The summed E-state index contributed by atoms with van der Waals surface area (Å²) in [5.41, 5.74) is 2.52. The van der Waals surface area contributed by atoms with Gasteiger partial charge in [0.15, 0.2) is 5.16 Å². The van der Waals surface area contributed by atoms with E-state index in [1.807, 2.05) is 73.7 Å². The van der Waals surface area contributed by atoms with E-state index in [1.54, 1.807) is 25.3 Å². The fraction of sp³-hybridized carbons (Fsp3) is 0.111. The van der Waals surface area contributed by atoms with Gasteiger partial charge < -0.3 is 15.0 Å². The Morgan fingerprint density at radius 3 is 2.43 bits per heavy atom. The van der Waals surface area contributed by atoms with Gasteiger partial charge in [0.05, 0.1) is 18.5 Å². The molecule has 0 aliphatic rings. The summed E-state index contributed by atoms with van der Waals surface area (Å²) in [6.45, 7) is 1.93. The van der Waals surface area contributed by atoms with Crippen molar-refractivity contribution in [3.05, 3.63) is 106 Å². The van der Waals surface area contributed by atoms with E-state index in [4.69, 9.17) is 4.74 Å². The summed E-state index contributed by atoms with van der Waals surface area (Å²) in [6.07, 6.45) is 0. The Balaban J connectivity index is 1.74. The molecule has 1 aromatic heterocycles. The number of nitrogens with one attached hydrogen (secondary N) is 2.